The number of nitrogens with zero attached hydrogens (tertiary/aromatic N) is 4. The number of carbonyl (C=O) groups excluding carboxylic acids is 1. The van der Waals surface area contributed by atoms with Crippen molar-refractivity contribution in [1.82, 2.24) is 30.4 Å². The summed E-state index contributed by atoms with van der Waals surface area (Å²) in [5.74, 6) is -0.412. The van der Waals surface area contributed by atoms with E-state index in [4.69, 9.17) is 5.10 Å². The number of aromatic nitrogens is 4. The summed E-state index contributed by atoms with van der Waals surface area (Å²) in [6.07, 6.45) is 4.34. The molecule has 1 aliphatic rings. The number of rotatable bonds is 5. The van der Waals surface area contributed by atoms with E-state index < -0.39 is 5.82 Å². The maximum Gasteiger partial charge on any atom is 0.251 e. The molecule has 0 spiro atoms. The van der Waals surface area contributed by atoms with Gasteiger partial charge in [0, 0.05) is 37.0 Å². The Morgan fingerprint density at radius 1 is 1.35 bits per heavy atom. The summed E-state index contributed by atoms with van der Waals surface area (Å²) < 4.78 is 15.0. The summed E-state index contributed by atoms with van der Waals surface area (Å²) in [6, 6.07) is 5.63. The highest BCUT2D eigenvalue weighted by molar-refractivity contribution is 5.94. The molecule has 0 bridgehead atoms. The summed E-state index contributed by atoms with van der Waals surface area (Å²) in [5.41, 5.74) is 2.79. The minimum absolute atomic E-state index is 0.299. The van der Waals surface area contributed by atoms with Crippen LogP contribution in [0, 0.1) is 5.82 Å². The average molecular weight is 354 g/mol. The van der Waals surface area contributed by atoms with Crippen LogP contribution in [-0.2, 0) is 6.54 Å². The molecular formula is C18H19FN6O. The smallest absolute Gasteiger partial charge is 0.251 e. The molecule has 1 aromatic carbocycles. The summed E-state index contributed by atoms with van der Waals surface area (Å²) >= 11 is 0. The molecular weight excluding hydrogens is 335 g/mol. The Balaban J connectivity index is 1.48. The minimum atomic E-state index is -0.430. The Bertz CT molecular complexity index is 934. The molecule has 3 aromatic rings. The molecule has 2 aromatic heterocycles. The molecule has 134 valence electrons. The normalized spacial score (nSPS) is 16.9. The van der Waals surface area contributed by atoms with Crippen molar-refractivity contribution >= 4 is 17.1 Å². The maximum atomic E-state index is 13.2. The van der Waals surface area contributed by atoms with Gasteiger partial charge in [-0.25, -0.2) is 19.0 Å². The number of halogens is 1. The van der Waals surface area contributed by atoms with Crippen LogP contribution in [0.2, 0.25) is 0 Å². The number of nitrogens with one attached hydrogen (secondary N) is 2. The van der Waals surface area contributed by atoms with Gasteiger partial charge >= 0.3 is 0 Å². The molecule has 1 saturated heterocycles. The zero-order chi connectivity index (χ0) is 17.9. The molecule has 4 rings (SSSR count). The lowest BCUT2D eigenvalue weighted by atomic mass is 10.0. The van der Waals surface area contributed by atoms with E-state index in [2.05, 4.69) is 20.6 Å². The molecule has 26 heavy (non-hydrogen) atoms. The molecule has 7 nitrogen and oxygen atoms in total. The van der Waals surface area contributed by atoms with Crippen molar-refractivity contribution in [3.05, 3.63) is 53.7 Å². The number of fused-ring (bicyclic) bond motifs is 1. The third-order valence-corrected chi connectivity index (χ3v) is 4.54. The summed E-state index contributed by atoms with van der Waals surface area (Å²) in [6.45, 7) is 2.70. The summed E-state index contributed by atoms with van der Waals surface area (Å²) in [7, 11) is 0. The first-order valence-electron chi connectivity index (χ1n) is 8.64. The Morgan fingerprint density at radius 3 is 3.04 bits per heavy atom. The molecule has 1 fully saturated rings. The lowest BCUT2D eigenvalue weighted by Crippen LogP contribution is -2.27. The second-order valence-corrected chi connectivity index (χ2v) is 6.29. The van der Waals surface area contributed by atoms with Crippen LogP contribution in [0.1, 0.15) is 28.4 Å². The van der Waals surface area contributed by atoms with E-state index in [0.29, 0.717) is 24.6 Å². The first-order valence-corrected chi connectivity index (χ1v) is 8.64. The molecule has 0 radical (unpaired) electrons. The molecule has 0 unspecified atom stereocenters. The largest absolute Gasteiger partial charge is 0.350 e. The minimum Gasteiger partial charge on any atom is -0.350 e. The quantitative estimate of drug-likeness (QED) is 0.725. The number of carbonyl (C=O) groups is 1. The second kappa shape index (κ2) is 7.17. The van der Waals surface area contributed by atoms with Crippen LogP contribution in [0.15, 0.2) is 36.7 Å². The molecule has 1 amide bonds. The molecule has 1 atom stereocenters. The third-order valence-electron chi connectivity index (χ3n) is 4.54. The summed E-state index contributed by atoms with van der Waals surface area (Å²) in [5, 5.41) is 10.8. The predicted molar refractivity (Wildman–Crippen MR) is 94.3 cm³/mol. The Morgan fingerprint density at radius 2 is 2.23 bits per heavy atom. The van der Waals surface area contributed by atoms with Crippen molar-refractivity contribution in [2.45, 2.75) is 18.9 Å². The predicted octanol–water partition coefficient (Wildman–Crippen LogP) is 1.47. The molecule has 1 aliphatic heterocycles. The van der Waals surface area contributed by atoms with Crippen molar-refractivity contribution in [3.63, 3.8) is 0 Å². The van der Waals surface area contributed by atoms with E-state index in [1.165, 1.54) is 18.2 Å². The number of amides is 1. The summed E-state index contributed by atoms with van der Waals surface area (Å²) in [4.78, 5) is 21.0. The molecule has 8 heteroatoms. The number of benzene rings is 1. The van der Waals surface area contributed by atoms with E-state index in [1.54, 1.807) is 23.1 Å². The van der Waals surface area contributed by atoms with Crippen LogP contribution in [0.3, 0.4) is 0 Å². The molecule has 0 saturated carbocycles. The van der Waals surface area contributed by atoms with Crippen LogP contribution in [0.4, 0.5) is 4.39 Å². The van der Waals surface area contributed by atoms with Gasteiger partial charge in [0.2, 0.25) is 0 Å². The second-order valence-electron chi connectivity index (χ2n) is 6.29. The number of hydrogen-bond acceptors (Lipinski definition) is 5. The monoisotopic (exact) mass is 354 g/mol. The van der Waals surface area contributed by atoms with Crippen LogP contribution in [0.25, 0.3) is 11.2 Å². The van der Waals surface area contributed by atoms with Gasteiger partial charge < -0.3 is 10.6 Å². The zero-order valence-corrected chi connectivity index (χ0v) is 14.2. The zero-order valence-electron chi connectivity index (χ0n) is 14.2. The van der Waals surface area contributed by atoms with Gasteiger partial charge in [0.25, 0.3) is 5.91 Å². The fraction of sp³-hybridized carbons (Fsp3) is 0.333. The average Bonchev–Trinajstić information content (AvgIpc) is 3.30. The van der Waals surface area contributed by atoms with Crippen LogP contribution < -0.4 is 10.6 Å². The van der Waals surface area contributed by atoms with E-state index in [-0.39, 0.29) is 5.91 Å². The van der Waals surface area contributed by atoms with Crippen molar-refractivity contribution in [3.8, 4) is 0 Å². The van der Waals surface area contributed by atoms with E-state index in [0.717, 1.165) is 36.4 Å². The van der Waals surface area contributed by atoms with Gasteiger partial charge in [-0.3, -0.25) is 4.79 Å². The Hall–Kier alpha value is -2.87. The maximum absolute atomic E-state index is 13.2. The fourth-order valence-electron chi connectivity index (χ4n) is 3.25. The highest BCUT2D eigenvalue weighted by Crippen LogP contribution is 2.26. The van der Waals surface area contributed by atoms with Crippen molar-refractivity contribution in [2.75, 3.05) is 19.6 Å². The van der Waals surface area contributed by atoms with Gasteiger partial charge in [-0.05, 0) is 31.2 Å². The van der Waals surface area contributed by atoms with Crippen LogP contribution in [0.5, 0.6) is 0 Å². The Kier molecular flexibility index (Phi) is 4.57. The van der Waals surface area contributed by atoms with Crippen molar-refractivity contribution in [1.29, 1.82) is 0 Å². The van der Waals surface area contributed by atoms with Gasteiger partial charge in [-0.15, -0.1) is 0 Å². The highest BCUT2D eigenvalue weighted by atomic mass is 19.1. The fourth-order valence-corrected chi connectivity index (χ4v) is 3.25. The topological polar surface area (TPSA) is 84.7 Å². The van der Waals surface area contributed by atoms with Gasteiger partial charge in [0.1, 0.15) is 11.3 Å². The van der Waals surface area contributed by atoms with Gasteiger partial charge in [0.05, 0.1) is 12.2 Å². The van der Waals surface area contributed by atoms with Gasteiger partial charge in [-0.2, -0.15) is 5.10 Å². The SMILES string of the molecule is O=C(NCCn1nc([C@H]2CCNC2)c2nccnc21)c1cccc(F)c1. The van der Waals surface area contributed by atoms with Crippen molar-refractivity contribution in [2.24, 2.45) is 0 Å². The standard InChI is InChI=1S/C18H19FN6O/c19-14-3-1-2-12(10-14)18(26)23-8-9-25-17-16(21-6-7-22-17)15(24-25)13-4-5-20-11-13/h1-3,6-7,10,13,20H,4-5,8-9,11H2,(H,23,26)/t13-/m0/s1. The van der Waals surface area contributed by atoms with E-state index >= 15 is 0 Å². The third kappa shape index (κ3) is 3.28. The highest BCUT2D eigenvalue weighted by Gasteiger charge is 2.24. The van der Waals surface area contributed by atoms with Gasteiger partial charge in [0.15, 0.2) is 5.65 Å². The molecule has 0 aliphatic carbocycles. The lowest BCUT2D eigenvalue weighted by molar-refractivity contribution is 0.0951. The molecule has 2 N–H and O–H groups in total. The first kappa shape index (κ1) is 16.6. The molecule has 3 heterocycles. The number of hydrogen-bond donors (Lipinski definition) is 2. The van der Waals surface area contributed by atoms with Crippen LogP contribution >= 0.6 is 0 Å². The van der Waals surface area contributed by atoms with Crippen LogP contribution in [-0.4, -0.2) is 45.3 Å². The van der Waals surface area contributed by atoms with E-state index in [1.807, 2.05) is 0 Å². The van der Waals surface area contributed by atoms with Crippen molar-refractivity contribution < 1.29 is 9.18 Å². The lowest BCUT2D eigenvalue weighted by Gasteiger charge is -2.06. The van der Waals surface area contributed by atoms with E-state index in [9.17, 15) is 9.18 Å². The van der Waals surface area contributed by atoms with Gasteiger partial charge in [-0.1, -0.05) is 6.07 Å². The first-order chi connectivity index (χ1) is 12.7. The Labute approximate surface area is 149 Å².